The lowest BCUT2D eigenvalue weighted by atomic mass is 9.99. The van der Waals surface area contributed by atoms with Gasteiger partial charge in [0.25, 0.3) is 4.84 Å². The second-order valence-electron chi connectivity index (χ2n) is 6.11. The van der Waals surface area contributed by atoms with Crippen LogP contribution in [0, 0.1) is 10.8 Å². The molecule has 3 rings (SSSR count). The molecular weight excluding hydrogens is 362 g/mol. The summed E-state index contributed by atoms with van der Waals surface area (Å²) in [6, 6.07) is 7.36. The Kier molecular flexibility index (Phi) is 5.88. The van der Waals surface area contributed by atoms with Crippen LogP contribution in [-0.4, -0.2) is 35.4 Å². The summed E-state index contributed by atoms with van der Waals surface area (Å²) in [5.74, 6) is 0.238. The maximum atomic E-state index is 12.0. The summed E-state index contributed by atoms with van der Waals surface area (Å²) in [5.41, 5.74) is 0.715. The van der Waals surface area contributed by atoms with Gasteiger partial charge in [-0.05, 0) is 44.1 Å². The van der Waals surface area contributed by atoms with Crippen LogP contribution >= 0.6 is 23.8 Å². The zero-order valence-electron chi connectivity index (χ0n) is 14.0. The Bertz CT molecular complexity index is 804. The molecule has 134 valence electrons. The highest BCUT2D eigenvalue weighted by atomic mass is 35.5. The first-order chi connectivity index (χ1) is 12.1. The summed E-state index contributed by atoms with van der Waals surface area (Å²) >= 11 is 11.5. The van der Waals surface area contributed by atoms with E-state index >= 15 is 0 Å². The van der Waals surface area contributed by atoms with E-state index < -0.39 is 0 Å². The summed E-state index contributed by atoms with van der Waals surface area (Å²) in [6.45, 7) is 4.49. The number of rotatable bonds is 5. The lowest BCUT2D eigenvalue weighted by Crippen LogP contribution is -3.13. The third-order valence-corrected chi connectivity index (χ3v) is 4.95. The van der Waals surface area contributed by atoms with E-state index in [1.807, 2.05) is 25.1 Å². The number of likely N-dealkylation sites (tertiary alicyclic amines) is 1. The highest BCUT2D eigenvalue weighted by Crippen LogP contribution is 2.26. The summed E-state index contributed by atoms with van der Waals surface area (Å²) in [6.07, 6.45) is 1.85. The number of hydrogen-bond donors (Lipinski definition) is 1. The maximum absolute atomic E-state index is 12.0. The minimum atomic E-state index is -0.111. The number of quaternary nitrogens is 1. The van der Waals surface area contributed by atoms with Crippen molar-refractivity contribution >= 4 is 29.8 Å². The zero-order chi connectivity index (χ0) is 17.8. The fourth-order valence-electron chi connectivity index (χ4n) is 3.12. The quantitative estimate of drug-likeness (QED) is 0.635. The van der Waals surface area contributed by atoms with Crippen LogP contribution < -0.4 is 4.90 Å². The Labute approximate surface area is 156 Å². The molecule has 1 fully saturated rings. The minimum absolute atomic E-state index is 0.0622. The summed E-state index contributed by atoms with van der Waals surface area (Å²) < 4.78 is 12.4. The molecule has 1 N–H and O–H groups in total. The van der Waals surface area contributed by atoms with Crippen molar-refractivity contribution in [2.75, 3.05) is 19.7 Å². The number of piperidine rings is 1. The van der Waals surface area contributed by atoms with Crippen LogP contribution in [0.4, 0.5) is 0 Å². The van der Waals surface area contributed by atoms with E-state index in [9.17, 15) is 4.79 Å². The van der Waals surface area contributed by atoms with E-state index in [0.29, 0.717) is 34.6 Å². The highest BCUT2D eigenvalue weighted by molar-refractivity contribution is 7.71. The molecule has 1 aromatic carbocycles. The van der Waals surface area contributed by atoms with Crippen molar-refractivity contribution < 1.29 is 18.8 Å². The van der Waals surface area contributed by atoms with Crippen LogP contribution in [0.5, 0.6) is 0 Å². The average molecular weight is 383 g/mol. The third-order valence-electron chi connectivity index (χ3n) is 4.32. The van der Waals surface area contributed by atoms with Crippen LogP contribution in [0.3, 0.4) is 0 Å². The standard InChI is InChI=1S/C17H20ClN3O3S/c1-2-23-16(22)12-6-5-9-20(10-12)11-21-17(25)24-15(19-21)13-7-3-4-8-14(13)18/h3-4,7-8,12H,2,5-6,9-11H2,1H3/p+1/t12-/m0/s1. The number of benzene rings is 1. The summed E-state index contributed by atoms with van der Waals surface area (Å²) in [7, 11) is 0. The topological polar surface area (TPSA) is 61.7 Å². The van der Waals surface area contributed by atoms with Crippen molar-refractivity contribution in [3.8, 4) is 11.5 Å². The van der Waals surface area contributed by atoms with Crippen molar-refractivity contribution in [1.82, 2.24) is 9.78 Å². The highest BCUT2D eigenvalue weighted by Gasteiger charge is 2.30. The molecule has 6 nitrogen and oxygen atoms in total. The predicted molar refractivity (Wildman–Crippen MR) is 95.8 cm³/mol. The molecular formula is C17H21ClN3O3S+. The molecule has 0 aliphatic carbocycles. The van der Waals surface area contributed by atoms with Gasteiger partial charge >= 0.3 is 5.97 Å². The smallest absolute Gasteiger partial charge is 0.314 e. The van der Waals surface area contributed by atoms with Gasteiger partial charge in [-0.2, -0.15) is 4.68 Å². The van der Waals surface area contributed by atoms with Crippen molar-refractivity contribution in [2.24, 2.45) is 5.92 Å². The second kappa shape index (κ2) is 8.12. The maximum Gasteiger partial charge on any atom is 0.314 e. The van der Waals surface area contributed by atoms with E-state index in [-0.39, 0.29) is 11.9 Å². The number of nitrogens with one attached hydrogen (secondary N) is 1. The molecule has 0 amide bonds. The third kappa shape index (κ3) is 4.29. The molecule has 1 aliphatic rings. The van der Waals surface area contributed by atoms with Crippen LogP contribution in [-0.2, 0) is 16.2 Å². The lowest BCUT2D eigenvalue weighted by Gasteiger charge is -2.28. The zero-order valence-corrected chi connectivity index (χ0v) is 15.6. The summed E-state index contributed by atoms with van der Waals surface area (Å²) in [5, 5.41) is 5.03. The number of carbonyl (C=O) groups is 1. The molecule has 8 heteroatoms. The number of hydrogen-bond acceptors (Lipinski definition) is 5. The number of carbonyl (C=O) groups excluding carboxylic acids is 1. The van der Waals surface area contributed by atoms with Gasteiger partial charge in [0.1, 0.15) is 5.92 Å². The molecule has 0 spiro atoms. The Morgan fingerprint density at radius 1 is 1.52 bits per heavy atom. The first-order valence-corrected chi connectivity index (χ1v) is 9.20. The van der Waals surface area contributed by atoms with Gasteiger partial charge in [-0.3, -0.25) is 4.79 Å². The van der Waals surface area contributed by atoms with Gasteiger partial charge in [0, 0.05) is 0 Å². The molecule has 2 heterocycles. The minimum Gasteiger partial charge on any atom is -0.466 e. The number of aromatic nitrogens is 2. The Hall–Kier alpha value is -1.70. The second-order valence-corrected chi connectivity index (χ2v) is 6.86. The molecule has 2 aromatic rings. The predicted octanol–water partition coefficient (Wildman–Crippen LogP) is 2.34. The van der Waals surface area contributed by atoms with Crippen LogP contribution in [0.15, 0.2) is 28.7 Å². The van der Waals surface area contributed by atoms with Crippen LogP contribution in [0.1, 0.15) is 19.8 Å². The lowest BCUT2D eigenvalue weighted by molar-refractivity contribution is -0.930. The van der Waals surface area contributed by atoms with E-state index in [1.54, 1.807) is 10.7 Å². The van der Waals surface area contributed by atoms with E-state index in [2.05, 4.69) is 5.10 Å². The normalized spacial score (nSPS) is 20.4. The van der Waals surface area contributed by atoms with Crippen molar-refractivity contribution in [3.63, 3.8) is 0 Å². The first kappa shape index (κ1) is 18.1. The average Bonchev–Trinajstić information content (AvgIpc) is 2.96. The van der Waals surface area contributed by atoms with Gasteiger partial charge in [-0.25, -0.2) is 0 Å². The Morgan fingerprint density at radius 2 is 2.32 bits per heavy atom. The molecule has 2 atom stereocenters. The van der Waals surface area contributed by atoms with E-state index in [4.69, 9.17) is 33.0 Å². The fraction of sp³-hybridized carbons (Fsp3) is 0.471. The molecule has 0 radical (unpaired) electrons. The molecule has 25 heavy (non-hydrogen) atoms. The first-order valence-electron chi connectivity index (χ1n) is 8.41. The molecule has 1 aromatic heterocycles. The summed E-state index contributed by atoms with van der Waals surface area (Å²) in [4.78, 5) is 13.5. The number of nitrogens with zero attached hydrogens (tertiary/aromatic N) is 2. The molecule has 1 aliphatic heterocycles. The van der Waals surface area contributed by atoms with E-state index in [1.165, 1.54) is 4.90 Å². The van der Waals surface area contributed by atoms with Gasteiger partial charge in [-0.15, -0.1) is 5.10 Å². The van der Waals surface area contributed by atoms with Crippen molar-refractivity contribution in [1.29, 1.82) is 0 Å². The molecule has 1 unspecified atom stereocenters. The SMILES string of the molecule is CCOC(=O)[C@H]1CCC[NH+](Cn2nc(-c3ccccc3Cl)oc2=S)C1. The monoisotopic (exact) mass is 382 g/mol. The largest absolute Gasteiger partial charge is 0.466 e. The Balaban J connectivity index is 1.72. The van der Waals surface area contributed by atoms with Gasteiger partial charge in [0.05, 0.1) is 30.3 Å². The van der Waals surface area contributed by atoms with Crippen molar-refractivity contribution in [2.45, 2.75) is 26.4 Å². The van der Waals surface area contributed by atoms with Gasteiger partial charge < -0.3 is 14.1 Å². The van der Waals surface area contributed by atoms with Gasteiger partial charge in [-0.1, -0.05) is 23.7 Å². The number of esters is 1. The van der Waals surface area contributed by atoms with Crippen LogP contribution in [0.2, 0.25) is 5.02 Å². The molecule has 0 bridgehead atoms. The number of halogens is 1. The fourth-order valence-corrected chi connectivity index (χ4v) is 3.52. The van der Waals surface area contributed by atoms with Crippen LogP contribution in [0.25, 0.3) is 11.5 Å². The van der Waals surface area contributed by atoms with Gasteiger partial charge in [0.2, 0.25) is 5.89 Å². The van der Waals surface area contributed by atoms with E-state index in [0.717, 1.165) is 25.9 Å². The molecule has 1 saturated heterocycles. The number of ether oxygens (including phenoxy) is 1. The van der Waals surface area contributed by atoms with Crippen molar-refractivity contribution in [3.05, 3.63) is 34.1 Å². The Morgan fingerprint density at radius 3 is 3.08 bits per heavy atom. The molecule has 0 saturated carbocycles. The van der Waals surface area contributed by atoms with Gasteiger partial charge in [0.15, 0.2) is 6.67 Å².